The highest BCUT2D eigenvalue weighted by atomic mass is 15.3. The second kappa shape index (κ2) is 4.93. The van der Waals surface area contributed by atoms with Crippen LogP contribution < -0.4 is 5.73 Å². The van der Waals surface area contributed by atoms with Crippen LogP contribution in [0.1, 0.15) is 49.6 Å². The van der Waals surface area contributed by atoms with Gasteiger partial charge in [-0.3, -0.25) is 4.68 Å². The molecule has 2 aliphatic rings. The first-order valence-electron chi connectivity index (χ1n) is 7.83. The van der Waals surface area contributed by atoms with Crippen molar-refractivity contribution in [2.45, 2.75) is 65.5 Å². The molecule has 3 heteroatoms. The normalized spacial score (nSPS) is 31.1. The molecule has 2 aliphatic carbocycles. The van der Waals surface area contributed by atoms with Crippen molar-refractivity contribution in [2.75, 3.05) is 0 Å². The first kappa shape index (κ1) is 13.2. The van der Waals surface area contributed by atoms with Crippen molar-refractivity contribution < 1.29 is 0 Å². The van der Waals surface area contributed by atoms with Gasteiger partial charge in [0.25, 0.3) is 0 Å². The Morgan fingerprint density at radius 3 is 2.68 bits per heavy atom. The lowest BCUT2D eigenvalue weighted by Crippen LogP contribution is -2.20. The number of aromatic nitrogens is 2. The molecule has 0 spiro atoms. The van der Waals surface area contributed by atoms with Gasteiger partial charge in [0.05, 0.1) is 5.69 Å². The molecular weight excluding hydrogens is 234 g/mol. The molecule has 0 aliphatic heterocycles. The Morgan fingerprint density at radius 2 is 2.11 bits per heavy atom. The summed E-state index contributed by atoms with van der Waals surface area (Å²) in [6.45, 7) is 7.55. The molecule has 2 saturated carbocycles. The van der Waals surface area contributed by atoms with Gasteiger partial charge in [0.15, 0.2) is 0 Å². The van der Waals surface area contributed by atoms with E-state index in [1.165, 1.54) is 42.6 Å². The van der Waals surface area contributed by atoms with E-state index in [1.54, 1.807) is 0 Å². The number of aryl methyl sites for hydroxylation is 1. The van der Waals surface area contributed by atoms with Crippen LogP contribution in [0.15, 0.2) is 0 Å². The summed E-state index contributed by atoms with van der Waals surface area (Å²) in [5.74, 6) is 2.88. The summed E-state index contributed by atoms with van der Waals surface area (Å²) in [5, 5.41) is 4.77. The van der Waals surface area contributed by atoms with Gasteiger partial charge < -0.3 is 5.73 Å². The van der Waals surface area contributed by atoms with Gasteiger partial charge in [0.1, 0.15) is 0 Å². The predicted octanol–water partition coefficient (Wildman–Crippen LogP) is 2.83. The second-order valence-corrected chi connectivity index (χ2v) is 6.95. The van der Waals surface area contributed by atoms with Crippen LogP contribution in [0.25, 0.3) is 0 Å². The van der Waals surface area contributed by atoms with Gasteiger partial charge in [-0.05, 0) is 69.8 Å². The average Bonchev–Trinajstić information content (AvgIpc) is 3.01. The molecule has 4 atom stereocenters. The molecule has 4 unspecified atom stereocenters. The maximum atomic E-state index is 5.95. The van der Waals surface area contributed by atoms with Crippen LogP contribution in [0, 0.1) is 31.6 Å². The van der Waals surface area contributed by atoms with Crippen molar-refractivity contribution in [3.05, 3.63) is 17.0 Å². The zero-order valence-electron chi connectivity index (χ0n) is 12.5. The Kier molecular flexibility index (Phi) is 3.42. The molecule has 0 amide bonds. The molecule has 3 rings (SSSR count). The highest BCUT2D eigenvalue weighted by Gasteiger charge is 2.39. The number of hydrogen-bond donors (Lipinski definition) is 1. The SMILES string of the molecule is Cc1nn(CC2CC3CCC2C3)c(C)c1CC(C)N. The average molecular weight is 261 g/mol. The molecule has 3 nitrogen and oxygen atoms in total. The molecule has 1 aromatic rings. The number of nitrogens with two attached hydrogens (primary N) is 1. The van der Waals surface area contributed by atoms with Crippen LogP contribution in [0.4, 0.5) is 0 Å². The van der Waals surface area contributed by atoms with Gasteiger partial charge in [0.2, 0.25) is 0 Å². The standard InChI is InChI=1S/C16H27N3/c1-10(17)6-16-11(2)18-19(12(16)3)9-15-8-13-4-5-14(15)7-13/h10,13-15H,4-9,17H2,1-3H3. The maximum Gasteiger partial charge on any atom is 0.0629 e. The van der Waals surface area contributed by atoms with Gasteiger partial charge in [-0.15, -0.1) is 0 Å². The zero-order chi connectivity index (χ0) is 13.6. The molecule has 2 fully saturated rings. The first-order valence-corrected chi connectivity index (χ1v) is 7.83. The monoisotopic (exact) mass is 261 g/mol. The van der Waals surface area contributed by atoms with Crippen LogP contribution in [0.2, 0.25) is 0 Å². The Morgan fingerprint density at radius 1 is 1.32 bits per heavy atom. The minimum Gasteiger partial charge on any atom is -0.328 e. The van der Waals surface area contributed by atoms with Crippen molar-refractivity contribution >= 4 is 0 Å². The number of rotatable bonds is 4. The summed E-state index contributed by atoms with van der Waals surface area (Å²) in [7, 11) is 0. The van der Waals surface area contributed by atoms with E-state index in [4.69, 9.17) is 10.8 Å². The van der Waals surface area contributed by atoms with Crippen LogP contribution in [-0.2, 0) is 13.0 Å². The second-order valence-electron chi connectivity index (χ2n) is 6.95. The lowest BCUT2D eigenvalue weighted by atomic mass is 9.89. The predicted molar refractivity (Wildman–Crippen MR) is 78.0 cm³/mol. The van der Waals surface area contributed by atoms with E-state index in [9.17, 15) is 0 Å². The molecule has 2 N–H and O–H groups in total. The van der Waals surface area contributed by atoms with Gasteiger partial charge in [0, 0.05) is 18.3 Å². The molecule has 106 valence electrons. The first-order chi connectivity index (χ1) is 9.04. The Hall–Kier alpha value is -0.830. The Bertz CT molecular complexity index is 461. The van der Waals surface area contributed by atoms with Gasteiger partial charge in [-0.1, -0.05) is 6.42 Å². The van der Waals surface area contributed by atoms with Crippen LogP contribution in [-0.4, -0.2) is 15.8 Å². The zero-order valence-corrected chi connectivity index (χ0v) is 12.5. The highest BCUT2D eigenvalue weighted by Crippen LogP contribution is 2.48. The fourth-order valence-electron chi connectivity index (χ4n) is 4.35. The quantitative estimate of drug-likeness (QED) is 0.905. The fraction of sp³-hybridized carbons (Fsp3) is 0.812. The van der Waals surface area contributed by atoms with Crippen molar-refractivity contribution in [1.82, 2.24) is 9.78 Å². The third-order valence-corrected chi connectivity index (χ3v) is 5.35. The highest BCUT2D eigenvalue weighted by molar-refractivity contribution is 5.25. The van der Waals surface area contributed by atoms with E-state index in [0.717, 1.165) is 30.7 Å². The Labute approximate surface area is 116 Å². The van der Waals surface area contributed by atoms with Crippen LogP contribution in [0.3, 0.4) is 0 Å². The van der Waals surface area contributed by atoms with E-state index >= 15 is 0 Å². The summed E-state index contributed by atoms with van der Waals surface area (Å²) in [4.78, 5) is 0. The third-order valence-electron chi connectivity index (χ3n) is 5.35. The molecule has 19 heavy (non-hydrogen) atoms. The van der Waals surface area contributed by atoms with Crippen molar-refractivity contribution in [1.29, 1.82) is 0 Å². The van der Waals surface area contributed by atoms with Crippen LogP contribution in [0.5, 0.6) is 0 Å². The summed E-state index contributed by atoms with van der Waals surface area (Å²) in [6.07, 6.45) is 6.81. The molecule has 0 radical (unpaired) electrons. The summed E-state index contributed by atoms with van der Waals surface area (Å²) < 4.78 is 2.26. The Balaban J connectivity index is 1.74. The van der Waals surface area contributed by atoms with Gasteiger partial charge in [-0.2, -0.15) is 5.10 Å². The molecule has 0 saturated heterocycles. The minimum atomic E-state index is 0.220. The lowest BCUT2D eigenvalue weighted by Gasteiger charge is -2.22. The summed E-state index contributed by atoms with van der Waals surface area (Å²) in [6, 6.07) is 0.220. The molecule has 1 aromatic heterocycles. The van der Waals surface area contributed by atoms with E-state index in [1.807, 2.05) is 0 Å². The number of hydrogen-bond acceptors (Lipinski definition) is 2. The topological polar surface area (TPSA) is 43.8 Å². The number of fused-ring (bicyclic) bond motifs is 2. The maximum absolute atomic E-state index is 5.95. The third kappa shape index (κ3) is 2.45. The largest absolute Gasteiger partial charge is 0.328 e. The van der Waals surface area contributed by atoms with E-state index in [0.29, 0.717) is 0 Å². The van der Waals surface area contributed by atoms with E-state index in [2.05, 4.69) is 25.5 Å². The number of nitrogens with zero attached hydrogens (tertiary/aromatic N) is 2. The van der Waals surface area contributed by atoms with Gasteiger partial charge >= 0.3 is 0 Å². The fourth-order valence-corrected chi connectivity index (χ4v) is 4.35. The minimum absolute atomic E-state index is 0.220. The molecule has 1 heterocycles. The van der Waals surface area contributed by atoms with E-state index < -0.39 is 0 Å². The van der Waals surface area contributed by atoms with Crippen molar-refractivity contribution in [2.24, 2.45) is 23.5 Å². The van der Waals surface area contributed by atoms with Crippen molar-refractivity contribution in [3.63, 3.8) is 0 Å². The molecular formula is C16H27N3. The van der Waals surface area contributed by atoms with E-state index in [-0.39, 0.29) is 6.04 Å². The lowest BCUT2D eigenvalue weighted by molar-refractivity contribution is 0.283. The summed E-state index contributed by atoms with van der Waals surface area (Å²) in [5.41, 5.74) is 9.84. The summed E-state index contributed by atoms with van der Waals surface area (Å²) >= 11 is 0. The molecule has 2 bridgehead atoms. The van der Waals surface area contributed by atoms with Crippen molar-refractivity contribution in [3.8, 4) is 0 Å². The van der Waals surface area contributed by atoms with Crippen LogP contribution >= 0.6 is 0 Å². The molecule has 0 aromatic carbocycles. The smallest absolute Gasteiger partial charge is 0.0629 e. The van der Waals surface area contributed by atoms with Gasteiger partial charge in [-0.25, -0.2) is 0 Å².